The lowest BCUT2D eigenvalue weighted by atomic mass is 10.0. The molecule has 5 heteroatoms. The van der Waals surface area contributed by atoms with Crippen LogP contribution in [0.15, 0.2) is 30.3 Å². The van der Waals surface area contributed by atoms with Crippen molar-refractivity contribution in [3.8, 4) is 11.8 Å². The topological polar surface area (TPSA) is 48.4 Å². The van der Waals surface area contributed by atoms with Gasteiger partial charge in [-0.25, -0.2) is 0 Å². The van der Waals surface area contributed by atoms with Gasteiger partial charge in [0, 0.05) is 14.1 Å². The zero-order valence-corrected chi connectivity index (χ0v) is 17.0. The first kappa shape index (κ1) is 18.6. The average molecular weight is 370 g/mol. The molecule has 1 aliphatic rings. The summed E-state index contributed by atoms with van der Waals surface area (Å²) in [6.07, 6.45) is 2.77. The molecule has 0 N–H and O–H groups in total. The molecule has 0 radical (unpaired) electrons. The number of aldehydes is 1. The molecule has 4 nitrogen and oxygen atoms in total. The normalized spacial score (nSPS) is 16.2. The first-order valence-electron chi connectivity index (χ1n) is 9.21. The van der Waals surface area contributed by atoms with Crippen LogP contribution in [0.3, 0.4) is 0 Å². The molecular weight excluding hydrogens is 342 g/mol. The van der Waals surface area contributed by atoms with Crippen LogP contribution in [0.5, 0.6) is 11.8 Å². The zero-order valence-electron chi connectivity index (χ0n) is 16.0. The summed E-state index contributed by atoms with van der Waals surface area (Å²) in [5.41, 5.74) is 4.41. The van der Waals surface area contributed by atoms with Gasteiger partial charge in [-0.2, -0.15) is 4.98 Å². The Labute approximate surface area is 156 Å². The quantitative estimate of drug-likeness (QED) is 0.510. The number of aryl methyl sites for hydroxylation is 1. The molecule has 0 amide bonds. The largest absolute Gasteiger partial charge is 0.477 e. The van der Waals surface area contributed by atoms with E-state index < -0.39 is 8.07 Å². The van der Waals surface area contributed by atoms with Gasteiger partial charge >= 0.3 is 0 Å². The molecule has 1 aliphatic carbocycles. The fourth-order valence-electron chi connectivity index (χ4n) is 3.23. The fourth-order valence-corrected chi connectivity index (χ4v) is 3.94. The number of pyridine rings is 1. The van der Waals surface area contributed by atoms with Gasteiger partial charge in [0.2, 0.25) is 11.8 Å². The summed E-state index contributed by atoms with van der Waals surface area (Å²) in [4.78, 5) is 15.8. The Morgan fingerprint density at radius 1 is 1.23 bits per heavy atom. The van der Waals surface area contributed by atoms with Crippen LogP contribution < -0.4 is 9.47 Å². The van der Waals surface area contributed by atoms with Gasteiger partial charge in [-0.15, -0.1) is 0 Å². The number of hydrogen-bond donors (Lipinski definition) is 0. The Balaban J connectivity index is 1.74. The van der Waals surface area contributed by atoms with Crippen molar-refractivity contribution in [3.63, 3.8) is 0 Å². The van der Waals surface area contributed by atoms with E-state index in [9.17, 15) is 4.79 Å². The van der Waals surface area contributed by atoms with Crippen LogP contribution in [0.2, 0.25) is 25.7 Å². The second-order valence-corrected chi connectivity index (χ2v) is 13.7. The van der Waals surface area contributed by atoms with Crippen molar-refractivity contribution < 1.29 is 14.3 Å². The molecule has 0 spiro atoms. The minimum atomic E-state index is -1.20. The first-order chi connectivity index (χ1) is 12.4. The Morgan fingerprint density at radius 2 is 2.04 bits per heavy atom. The molecule has 0 bridgehead atoms. The van der Waals surface area contributed by atoms with Gasteiger partial charge in [0.15, 0.2) is 6.29 Å². The molecule has 1 atom stereocenters. The van der Waals surface area contributed by atoms with E-state index in [1.165, 1.54) is 16.7 Å². The van der Waals surface area contributed by atoms with E-state index in [1.54, 1.807) is 12.1 Å². The van der Waals surface area contributed by atoms with Crippen molar-refractivity contribution in [1.29, 1.82) is 0 Å². The van der Waals surface area contributed by atoms with Crippen LogP contribution in [0.1, 0.15) is 39.6 Å². The maximum atomic E-state index is 11.3. The third kappa shape index (κ3) is 4.33. The van der Waals surface area contributed by atoms with E-state index in [0.29, 0.717) is 23.9 Å². The number of carbonyl (C=O) groups excluding carboxylic acids is 1. The van der Waals surface area contributed by atoms with Crippen molar-refractivity contribution >= 4 is 14.4 Å². The predicted octanol–water partition coefficient (Wildman–Crippen LogP) is 4.99. The van der Waals surface area contributed by atoms with Crippen LogP contribution >= 0.6 is 0 Å². The van der Waals surface area contributed by atoms with Crippen molar-refractivity contribution in [2.75, 3.05) is 6.61 Å². The summed E-state index contributed by atoms with van der Waals surface area (Å²) in [6, 6.07) is 10.8. The van der Waals surface area contributed by atoms with Crippen LogP contribution in [0.25, 0.3) is 0 Å². The molecule has 26 heavy (non-hydrogen) atoms. The molecule has 138 valence electrons. The van der Waals surface area contributed by atoms with Crippen LogP contribution in [0.4, 0.5) is 0 Å². The third-order valence-electron chi connectivity index (χ3n) is 4.79. The molecule has 0 unspecified atom stereocenters. The van der Waals surface area contributed by atoms with E-state index in [4.69, 9.17) is 9.47 Å². The number of nitrogens with zero attached hydrogens (tertiary/aromatic N) is 1. The summed E-state index contributed by atoms with van der Waals surface area (Å²) in [6.45, 7) is 9.61. The zero-order chi connectivity index (χ0) is 18.7. The number of fused-ring (bicyclic) bond motifs is 1. The summed E-state index contributed by atoms with van der Waals surface area (Å²) >= 11 is 0. The van der Waals surface area contributed by atoms with Gasteiger partial charge in [-0.1, -0.05) is 37.8 Å². The molecule has 3 rings (SSSR count). The second-order valence-electron chi connectivity index (χ2n) is 8.11. The maximum Gasteiger partial charge on any atom is 0.227 e. The van der Waals surface area contributed by atoms with Crippen LogP contribution in [0, 0.1) is 6.92 Å². The highest BCUT2D eigenvalue weighted by Gasteiger charge is 2.25. The lowest BCUT2D eigenvalue weighted by Crippen LogP contribution is -2.22. The SMILES string of the molecule is Cc1cccc2c1CC[C@@H]2Oc1ccc(C=O)c(OCC[Si](C)(C)C)n1. The van der Waals surface area contributed by atoms with Gasteiger partial charge in [-0.05, 0) is 48.6 Å². The standard InChI is InChI=1S/C21H27NO3Si/c1-15-6-5-7-18-17(15)9-10-19(18)25-20-11-8-16(14-23)21(22-20)24-12-13-26(2,3)4/h5-8,11,14,19H,9-10,12-13H2,1-4H3/t19-/m0/s1. The number of carbonyl (C=O) groups is 1. The van der Waals surface area contributed by atoms with E-state index in [1.807, 2.05) is 0 Å². The number of ether oxygens (including phenoxy) is 2. The third-order valence-corrected chi connectivity index (χ3v) is 6.50. The molecule has 2 aromatic rings. The van der Waals surface area contributed by atoms with Crippen molar-refractivity contribution in [2.45, 2.75) is 51.6 Å². The first-order valence-corrected chi connectivity index (χ1v) is 12.9. The van der Waals surface area contributed by atoms with E-state index >= 15 is 0 Å². The average Bonchev–Trinajstić information content (AvgIpc) is 2.98. The summed E-state index contributed by atoms with van der Waals surface area (Å²) in [7, 11) is -1.20. The van der Waals surface area contributed by atoms with Gasteiger partial charge in [0.1, 0.15) is 6.10 Å². The van der Waals surface area contributed by atoms with E-state index in [0.717, 1.165) is 25.2 Å². The Kier molecular flexibility index (Phi) is 5.46. The number of rotatable bonds is 7. The Morgan fingerprint density at radius 3 is 2.77 bits per heavy atom. The summed E-state index contributed by atoms with van der Waals surface area (Å²) in [5.74, 6) is 0.885. The highest BCUT2D eigenvalue weighted by atomic mass is 28.3. The molecular formula is C21H27NO3Si. The fraction of sp³-hybridized carbons (Fsp3) is 0.429. The summed E-state index contributed by atoms with van der Waals surface area (Å²) < 4.78 is 12.0. The Bertz CT molecular complexity index is 798. The number of hydrogen-bond acceptors (Lipinski definition) is 4. The molecule has 1 aromatic heterocycles. The van der Waals surface area contributed by atoms with Crippen molar-refractivity contribution in [2.24, 2.45) is 0 Å². The van der Waals surface area contributed by atoms with Gasteiger partial charge in [-0.3, -0.25) is 4.79 Å². The minimum Gasteiger partial charge on any atom is -0.477 e. The lowest BCUT2D eigenvalue weighted by Gasteiger charge is -2.18. The number of aromatic nitrogens is 1. The van der Waals surface area contributed by atoms with Gasteiger partial charge < -0.3 is 9.47 Å². The minimum absolute atomic E-state index is 0.00862. The highest BCUT2D eigenvalue weighted by Crippen LogP contribution is 2.36. The molecule has 0 fully saturated rings. The highest BCUT2D eigenvalue weighted by molar-refractivity contribution is 6.76. The molecule has 0 aliphatic heterocycles. The monoisotopic (exact) mass is 369 g/mol. The van der Waals surface area contributed by atoms with Crippen molar-refractivity contribution in [3.05, 3.63) is 52.6 Å². The molecule has 0 saturated carbocycles. The van der Waals surface area contributed by atoms with Gasteiger partial charge in [0.25, 0.3) is 0 Å². The smallest absolute Gasteiger partial charge is 0.227 e. The van der Waals surface area contributed by atoms with Crippen molar-refractivity contribution in [1.82, 2.24) is 4.98 Å². The maximum absolute atomic E-state index is 11.3. The number of benzene rings is 1. The molecule has 1 aromatic carbocycles. The summed E-state index contributed by atoms with van der Waals surface area (Å²) in [5, 5.41) is 0. The molecule has 0 saturated heterocycles. The van der Waals surface area contributed by atoms with E-state index in [-0.39, 0.29) is 6.10 Å². The van der Waals surface area contributed by atoms with Crippen LogP contribution in [-0.4, -0.2) is 26.0 Å². The predicted molar refractivity (Wildman–Crippen MR) is 106 cm³/mol. The second kappa shape index (κ2) is 7.62. The Hall–Kier alpha value is -2.14. The van der Waals surface area contributed by atoms with Crippen LogP contribution in [-0.2, 0) is 6.42 Å². The van der Waals surface area contributed by atoms with Gasteiger partial charge in [0.05, 0.1) is 12.2 Å². The lowest BCUT2D eigenvalue weighted by molar-refractivity contribution is 0.111. The van der Waals surface area contributed by atoms with E-state index in [2.05, 4.69) is 49.7 Å². The molecule has 1 heterocycles.